The molecule has 0 amide bonds. The van der Waals surface area contributed by atoms with Gasteiger partial charge >= 0.3 is 10.4 Å². The van der Waals surface area contributed by atoms with Crippen LogP contribution in [0.3, 0.4) is 0 Å². The highest BCUT2D eigenvalue weighted by atomic mass is 32.3. The van der Waals surface area contributed by atoms with E-state index in [4.69, 9.17) is 43.7 Å². The van der Waals surface area contributed by atoms with Crippen LogP contribution in [0.25, 0.3) is 0 Å². The second kappa shape index (κ2) is 12.3. The number of carbonyl (C=O) groups is 1. The highest BCUT2D eigenvalue weighted by Crippen LogP contribution is 2.01. The van der Waals surface area contributed by atoms with E-state index in [0.717, 1.165) is 0 Å². The van der Waals surface area contributed by atoms with E-state index in [1.165, 1.54) is 0 Å². The predicted octanol–water partition coefficient (Wildman–Crippen LogP) is -5.25. The highest BCUT2D eigenvalue weighted by molar-refractivity contribution is 7.79. The van der Waals surface area contributed by atoms with Gasteiger partial charge in [-0.3, -0.25) is 20.8 Å². The molecule has 0 aromatic heterocycles. The van der Waals surface area contributed by atoms with Gasteiger partial charge < -0.3 is 31.0 Å². The normalized spacial score (nSPS) is 16.7. The van der Waals surface area contributed by atoms with Crippen molar-refractivity contribution < 1.29 is 42.7 Å². The van der Waals surface area contributed by atoms with Gasteiger partial charge in [-0.1, -0.05) is 0 Å². The molecule has 0 spiro atoms. The summed E-state index contributed by atoms with van der Waals surface area (Å²) in [5, 5.41) is 35.2. The number of aldehydes is 1. The van der Waals surface area contributed by atoms with Crippen molar-refractivity contribution in [1.82, 2.24) is 0 Å². The molecule has 0 fully saturated rings. The van der Waals surface area contributed by atoms with Crippen LogP contribution in [0.5, 0.6) is 0 Å². The molecule has 0 aromatic rings. The molecule has 19 heavy (non-hydrogen) atoms. The van der Waals surface area contributed by atoms with Gasteiger partial charge in [-0.15, -0.1) is 0 Å². The van der Waals surface area contributed by atoms with Crippen molar-refractivity contribution in [2.45, 2.75) is 24.4 Å². The molecule has 12 nitrogen and oxygen atoms in total. The first-order valence-electron chi connectivity index (χ1n) is 4.43. The van der Waals surface area contributed by atoms with Gasteiger partial charge in [-0.25, -0.2) is 0 Å². The molecule has 0 aliphatic heterocycles. The molecule has 0 bridgehead atoms. The molecule has 0 aliphatic carbocycles. The van der Waals surface area contributed by atoms with Crippen LogP contribution in [0.2, 0.25) is 0 Å². The number of carbonyl (C=O) groups excluding carboxylic acids is 1. The van der Waals surface area contributed by atoms with Gasteiger partial charge in [0.05, 0.1) is 12.6 Å². The fourth-order valence-corrected chi connectivity index (χ4v) is 0.644. The first kappa shape index (κ1) is 23.4. The van der Waals surface area contributed by atoms with Crippen molar-refractivity contribution >= 4 is 16.7 Å². The maximum absolute atomic E-state index is 10.0. The van der Waals surface area contributed by atoms with E-state index in [1.54, 1.807) is 0 Å². The quantitative estimate of drug-likeness (QED) is 0.0998. The van der Waals surface area contributed by atoms with Gasteiger partial charge in [0.1, 0.15) is 24.6 Å². The summed E-state index contributed by atoms with van der Waals surface area (Å²) in [4.78, 5) is 10.0. The topological polar surface area (TPSA) is 251 Å². The first-order chi connectivity index (χ1) is 8.54. The standard InChI is InChI=1S/C6H13NO5.H4N2.H2O4S/c7-3(1-8)5(11)6(12)4(10)2-9;1-2;1-5(2,3)4/h1,3-6,9-12H,2,7H2;1-2H2;(H2,1,2,3,4)/t3-,4+,5+,6+;;/m0../s1. The lowest BCUT2D eigenvalue weighted by atomic mass is 10.0. The van der Waals surface area contributed by atoms with E-state index < -0.39 is 41.4 Å². The lowest BCUT2D eigenvalue weighted by molar-refractivity contribution is -0.118. The second-order valence-corrected chi connectivity index (χ2v) is 3.79. The van der Waals surface area contributed by atoms with Crippen molar-refractivity contribution in [2.24, 2.45) is 17.4 Å². The molecule has 4 atom stereocenters. The molecule has 0 rings (SSSR count). The number of aliphatic hydroxyl groups is 4. The van der Waals surface area contributed by atoms with Gasteiger partial charge in [0, 0.05) is 0 Å². The Morgan fingerprint density at radius 1 is 1.05 bits per heavy atom. The molecule has 0 aromatic carbocycles. The zero-order valence-electron chi connectivity index (χ0n) is 9.64. The summed E-state index contributed by atoms with van der Waals surface area (Å²) in [5.74, 6) is 8.00. The molecule has 13 heteroatoms. The molecule has 0 heterocycles. The van der Waals surface area contributed by atoms with Crippen LogP contribution in [0, 0.1) is 0 Å². The Balaban J connectivity index is -0.000000307. The Bertz CT molecular complexity index is 303. The van der Waals surface area contributed by atoms with Crippen LogP contribution in [0.15, 0.2) is 0 Å². The zero-order valence-corrected chi connectivity index (χ0v) is 10.5. The van der Waals surface area contributed by atoms with E-state index in [0.29, 0.717) is 0 Å². The van der Waals surface area contributed by atoms with Gasteiger partial charge in [0.25, 0.3) is 0 Å². The molecule has 0 saturated heterocycles. The summed E-state index contributed by atoms with van der Waals surface area (Å²) in [6.45, 7) is -0.705. The Labute approximate surface area is 109 Å². The molecule has 0 aliphatic rings. The van der Waals surface area contributed by atoms with E-state index in [2.05, 4.69) is 11.7 Å². The zero-order chi connectivity index (χ0) is 16.2. The summed E-state index contributed by atoms with van der Waals surface area (Å²) >= 11 is 0. The molecule has 0 unspecified atom stereocenters. The number of aliphatic hydroxyl groups excluding tert-OH is 4. The average Bonchev–Trinajstić information content (AvgIpc) is 2.35. The fourth-order valence-electron chi connectivity index (χ4n) is 0.644. The van der Waals surface area contributed by atoms with Crippen molar-refractivity contribution in [3.63, 3.8) is 0 Å². The number of hydrogen-bond donors (Lipinski definition) is 9. The van der Waals surface area contributed by atoms with Gasteiger partial charge in [-0.2, -0.15) is 8.42 Å². The number of hydrogen-bond acceptors (Lipinski definition) is 10. The number of hydrazine groups is 1. The molecule has 12 N–H and O–H groups in total. The monoisotopic (exact) mass is 309 g/mol. The van der Waals surface area contributed by atoms with E-state index in [1.807, 2.05) is 0 Å². The van der Waals surface area contributed by atoms with E-state index in [-0.39, 0.29) is 6.29 Å². The number of rotatable bonds is 5. The van der Waals surface area contributed by atoms with Crippen LogP contribution in [-0.2, 0) is 15.2 Å². The van der Waals surface area contributed by atoms with Crippen molar-refractivity contribution in [2.75, 3.05) is 6.61 Å². The Morgan fingerprint density at radius 3 is 1.58 bits per heavy atom. The van der Waals surface area contributed by atoms with Gasteiger partial charge in [0.15, 0.2) is 0 Å². The Kier molecular flexibility index (Phi) is 15.1. The molecular formula is C6H19N3O9S. The Morgan fingerprint density at radius 2 is 1.37 bits per heavy atom. The average molecular weight is 309 g/mol. The maximum Gasteiger partial charge on any atom is 0.394 e. The third kappa shape index (κ3) is 17.3. The fraction of sp³-hybridized carbons (Fsp3) is 0.833. The predicted molar refractivity (Wildman–Crippen MR) is 61.7 cm³/mol. The SMILES string of the molecule is NN.N[C@@H](C=O)[C@@H](O)[C@H](O)[C@H](O)CO.O=S(=O)(O)O. The van der Waals surface area contributed by atoms with Crippen LogP contribution >= 0.6 is 0 Å². The van der Waals surface area contributed by atoms with Crippen LogP contribution in [-0.4, -0.2) is 75.2 Å². The third-order valence-electron chi connectivity index (χ3n) is 1.48. The summed E-state index contributed by atoms with van der Waals surface area (Å²) in [6, 6.07) is -1.26. The van der Waals surface area contributed by atoms with Gasteiger partial charge in [0.2, 0.25) is 0 Å². The summed E-state index contributed by atoms with van der Waals surface area (Å²) < 4.78 is 31.6. The molecular weight excluding hydrogens is 290 g/mol. The lowest BCUT2D eigenvalue weighted by Crippen LogP contribution is -2.49. The second-order valence-electron chi connectivity index (χ2n) is 2.89. The minimum absolute atomic E-state index is 0.248. The third-order valence-corrected chi connectivity index (χ3v) is 1.48. The minimum Gasteiger partial charge on any atom is -0.394 e. The van der Waals surface area contributed by atoms with Crippen LogP contribution in [0.1, 0.15) is 0 Å². The highest BCUT2D eigenvalue weighted by Gasteiger charge is 2.28. The minimum atomic E-state index is -4.67. The van der Waals surface area contributed by atoms with Crippen molar-refractivity contribution in [3.8, 4) is 0 Å². The number of nitrogens with two attached hydrogens (primary N) is 3. The summed E-state index contributed by atoms with van der Waals surface area (Å²) in [5.41, 5.74) is 5.04. The largest absolute Gasteiger partial charge is 0.394 e. The van der Waals surface area contributed by atoms with Gasteiger partial charge in [-0.05, 0) is 0 Å². The van der Waals surface area contributed by atoms with Crippen molar-refractivity contribution in [1.29, 1.82) is 0 Å². The molecule has 0 saturated carbocycles. The van der Waals surface area contributed by atoms with E-state index in [9.17, 15) is 4.79 Å². The van der Waals surface area contributed by atoms with Crippen LogP contribution < -0.4 is 17.4 Å². The van der Waals surface area contributed by atoms with Crippen LogP contribution in [0.4, 0.5) is 0 Å². The molecule has 0 radical (unpaired) electrons. The van der Waals surface area contributed by atoms with E-state index >= 15 is 0 Å². The first-order valence-corrected chi connectivity index (χ1v) is 5.83. The smallest absolute Gasteiger partial charge is 0.394 e. The van der Waals surface area contributed by atoms with Crippen molar-refractivity contribution in [3.05, 3.63) is 0 Å². The molecule has 118 valence electrons. The lowest BCUT2D eigenvalue weighted by Gasteiger charge is -2.23. The summed E-state index contributed by atoms with van der Waals surface area (Å²) in [6.07, 6.45) is -4.43. The maximum atomic E-state index is 10.0. The summed E-state index contributed by atoms with van der Waals surface area (Å²) in [7, 11) is -4.67. The Hall–Kier alpha value is -0.740.